The Hall–Kier alpha value is -2.70. The fraction of sp³-hybridized carbons (Fsp3) is 0.333. The van der Waals surface area contributed by atoms with Crippen LogP contribution >= 0.6 is 0 Å². The second-order valence-electron chi connectivity index (χ2n) is 5.61. The van der Waals surface area contributed by atoms with Crippen molar-refractivity contribution < 1.29 is 4.79 Å². The van der Waals surface area contributed by atoms with Crippen molar-refractivity contribution in [3.05, 3.63) is 48.3 Å². The number of carbonyl (C=O) groups is 1. The summed E-state index contributed by atoms with van der Waals surface area (Å²) in [7, 11) is 1.82. The average Bonchev–Trinajstić information content (AvgIpc) is 3.26. The van der Waals surface area contributed by atoms with Gasteiger partial charge in [0.15, 0.2) is 0 Å². The molecule has 0 unspecified atom stereocenters. The fourth-order valence-corrected chi connectivity index (χ4v) is 3.09. The Balaban J connectivity index is 1.57. The van der Waals surface area contributed by atoms with Gasteiger partial charge in [-0.15, -0.1) is 0 Å². The number of nitrogens with zero attached hydrogens (tertiary/aromatic N) is 6. The molecule has 0 spiro atoms. The van der Waals surface area contributed by atoms with Gasteiger partial charge in [0.05, 0.1) is 11.8 Å². The van der Waals surface area contributed by atoms with Crippen LogP contribution in [0.15, 0.2) is 37.1 Å². The van der Waals surface area contributed by atoms with Crippen molar-refractivity contribution in [2.45, 2.75) is 12.3 Å². The van der Waals surface area contributed by atoms with Crippen molar-refractivity contribution in [1.82, 2.24) is 29.0 Å². The lowest BCUT2D eigenvalue weighted by molar-refractivity contribution is 0.0790. The summed E-state index contributed by atoms with van der Waals surface area (Å²) < 4.78 is 3.65. The number of amides is 1. The van der Waals surface area contributed by atoms with Gasteiger partial charge in [0.25, 0.3) is 5.91 Å². The van der Waals surface area contributed by atoms with E-state index < -0.39 is 0 Å². The van der Waals surface area contributed by atoms with Crippen molar-refractivity contribution in [2.24, 2.45) is 7.05 Å². The second kappa shape index (κ2) is 4.94. The smallest absolute Gasteiger partial charge is 0.257 e. The molecule has 0 radical (unpaired) electrons. The largest absolute Gasteiger partial charge is 0.338 e. The van der Waals surface area contributed by atoms with Crippen LogP contribution in [-0.2, 0) is 7.05 Å². The van der Waals surface area contributed by atoms with E-state index in [-0.39, 0.29) is 5.91 Å². The highest BCUT2D eigenvalue weighted by molar-refractivity contribution is 5.94. The number of rotatable bonds is 2. The monoisotopic (exact) mass is 296 g/mol. The predicted molar refractivity (Wildman–Crippen MR) is 79.5 cm³/mol. The molecular formula is C15H16N6O. The van der Waals surface area contributed by atoms with Gasteiger partial charge in [-0.1, -0.05) is 0 Å². The average molecular weight is 296 g/mol. The molecular weight excluding hydrogens is 280 g/mol. The van der Waals surface area contributed by atoms with Crippen molar-refractivity contribution in [2.75, 3.05) is 13.1 Å². The Morgan fingerprint density at radius 2 is 2.18 bits per heavy atom. The van der Waals surface area contributed by atoms with Crippen LogP contribution in [0, 0.1) is 0 Å². The van der Waals surface area contributed by atoms with Gasteiger partial charge in [0.1, 0.15) is 0 Å². The molecule has 1 aliphatic heterocycles. The minimum absolute atomic E-state index is 0.0477. The molecule has 3 aromatic rings. The number of imidazole rings is 1. The molecule has 4 rings (SSSR count). The Kier molecular flexibility index (Phi) is 2.92. The van der Waals surface area contributed by atoms with Crippen molar-refractivity contribution in [3.8, 4) is 0 Å². The molecule has 1 saturated heterocycles. The van der Waals surface area contributed by atoms with Crippen molar-refractivity contribution in [1.29, 1.82) is 0 Å². The first-order chi connectivity index (χ1) is 10.7. The molecule has 0 bridgehead atoms. The van der Waals surface area contributed by atoms with Crippen molar-refractivity contribution >= 4 is 11.7 Å². The molecule has 1 fully saturated rings. The first kappa shape index (κ1) is 13.0. The van der Waals surface area contributed by atoms with Gasteiger partial charge in [-0.3, -0.25) is 13.9 Å². The van der Waals surface area contributed by atoms with Gasteiger partial charge < -0.3 is 4.90 Å². The molecule has 3 aromatic heterocycles. The zero-order valence-electron chi connectivity index (χ0n) is 12.3. The highest BCUT2D eigenvalue weighted by Gasteiger charge is 2.29. The summed E-state index contributed by atoms with van der Waals surface area (Å²) in [6.07, 6.45) is 9.78. The Bertz CT molecular complexity index is 835. The maximum Gasteiger partial charge on any atom is 0.257 e. The number of aromatic nitrogens is 5. The topological polar surface area (TPSA) is 68.3 Å². The van der Waals surface area contributed by atoms with E-state index >= 15 is 0 Å². The summed E-state index contributed by atoms with van der Waals surface area (Å²) in [4.78, 5) is 22.8. The molecule has 112 valence electrons. The fourth-order valence-electron chi connectivity index (χ4n) is 3.09. The predicted octanol–water partition coefficient (Wildman–Crippen LogP) is 1.09. The molecule has 0 aromatic carbocycles. The molecule has 22 heavy (non-hydrogen) atoms. The van der Waals surface area contributed by atoms with Crippen LogP contribution in [0.5, 0.6) is 0 Å². The van der Waals surface area contributed by atoms with Gasteiger partial charge in [-0.2, -0.15) is 5.10 Å². The van der Waals surface area contributed by atoms with Gasteiger partial charge in [0, 0.05) is 56.5 Å². The highest BCUT2D eigenvalue weighted by atomic mass is 16.2. The van der Waals surface area contributed by atoms with Gasteiger partial charge in [-0.25, -0.2) is 9.97 Å². The Morgan fingerprint density at radius 1 is 1.32 bits per heavy atom. The van der Waals surface area contributed by atoms with Crippen molar-refractivity contribution in [3.63, 3.8) is 0 Å². The first-order valence-corrected chi connectivity index (χ1v) is 7.28. The van der Waals surface area contributed by atoms with Crippen LogP contribution in [-0.4, -0.2) is 48.0 Å². The molecule has 1 aliphatic rings. The Morgan fingerprint density at radius 3 is 3.00 bits per heavy atom. The molecule has 7 nitrogen and oxygen atoms in total. The normalized spacial score (nSPS) is 18.2. The molecule has 7 heteroatoms. The molecule has 0 N–H and O–H groups in total. The minimum Gasteiger partial charge on any atom is -0.338 e. The van der Waals surface area contributed by atoms with Crippen LogP contribution < -0.4 is 0 Å². The maximum absolute atomic E-state index is 12.5. The lowest BCUT2D eigenvalue weighted by Crippen LogP contribution is -2.28. The third-order valence-corrected chi connectivity index (χ3v) is 4.18. The van der Waals surface area contributed by atoms with Crippen LogP contribution in [0.2, 0.25) is 0 Å². The zero-order chi connectivity index (χ0) is 15.1. The van der Waals surface area contributed by atoms with Gasteiger partial charge in [0.2, 0.25) is 5.78 Å². The van der Waals surface area contributed by atoms with Gasteiger partial charge in [-0.05, 0) is 12.5 Å². The van der Waals surface area contributed by atoms with E-state index in [2.05, 4.69) is 15.1 Å². The number of carbonyl (C=O) groups excluding carboxylic acids is 1. The highest BCUT2D eigenvalue weighted by Crippen LogP contribution is 2.28. The number of fused-ring (bicyclic) bond motifs is 1. The lowest BCUT2D eigenvalue weighted by atomic mass is 10.0. The van der Waals surface area contributed by atoms with Gasteiger partial charge >= 0.3 is 0 Å². The molecule has 4 heterocycles. The second-order valence-corrected chi connectivity index (χ2v) is 5.61. The standard InChI is InChI=1S/C15H16N6O/c1-19-9-12(8-18-19)14(22)20-6-3-11(10-20)13-2-4-16-15-17-5-7-21(13)15/h2,4-5,7-9,11H,3,6,10H2,1H3/t11-/m0/s1. The van der Waals surface area contributed by atoms with Crippen LogP contribution in [0.25, 0.3) is 5.78 Å². The third-order valence-electron chi connectivity index (χ3n) is 4.18. The summed E-state index contributed by atoms with van der Waals surface area (Å²) >= 11 is 0. The quantitative estimate of drug-likeness (QED) is 0.710. The van der Waals surface area contributed by atoms with Crippen LogP contribution in [0.1, 0.15) is 28.4 Å². The molecule has 0 aliphatic carbocycles. The van der Waals surface area contributed by atoms with E-state index in [0.29, 0.717) is 23.8 Å². The van der Waals surface area contributed by atoms with E-state index in [1.54, 1.807) is 29.5 Å². The maximum atomic E-state index is 12.5. The number of hydrogen-bond acceptors (Lipinski definition) is 4. The number of hydrogen-bond donors (Lipinski definition) is 0. The minimum atomic E-state index is 0.0477. The summed E-state index contributed by atoms with van der Waals surface area (Å²) in [6, 6.07) is 2.01. The third kappa shape index (κ3) is 2.05. The molecule has 1 atom stereocenters. The number of likely N-dealkylation sites (tertiary alicyclic amines) is 1. The lowest BCUT2D eigenvalue weighted by Gasteiger charge is -2.16. The summed E-state index contributed by atoms with van der Waals surface area (Å²) in [5.74, 6) is 1.06. The van der Waals surface area contributed by atoms with E-state index in [0.717, 1.165) is 18.7 Å². The van der Waals surface area contributed by atoms with Crippen LogP contribution in [0.3, 0.4) is 0 Å². The first-order valence-electron chi connectivity index (χ1n) is 7.28. The van der Waals surface area contributed by atoms with E-state index in [1.165, 1.54) is 0 Å². The van der Waals surface area contributed by atoms with E-state index in [4.69, 9.17) is 0 Å². The summed E-state index contributed by atoms with van der Waals surface area (Å²) in [6.45, 7) is 1.47. The number of aryl methyl sites for hydroxylation is 1. The van der Waals surface area contributed by atoms with Crippen LogP contribution in [0.4, 0.5) is 0 Å². The Labute approximate surface area is 127 Å². The molecule has 1 amide bonds. The summed E-state index contributed by atoms with van der Waals surface area (Å²) in [5.41, 5.74) is 1.80. The zero-order valence-corrected chi connectivity index (χ0v) is 12.3. The summed E-state index contributed by atoms with van der Waals surface area (Å²) in [5, 5.41) is 4.07. The molecule has 0 saturated carbocycles. The van der Waals surface area contributed by atoms with E-state index in [1.807, 2.05) is 28.6 Å². The SMILES string of the molecule is Cn1cc(C(=O)N2CC[C@H](c3ccnc4nccn34)C2)cn1. The van der Waals surface area contributed by atoms with E-state index in [9.17, 15) is 4.79 Å².